The summed E-state index contributed by atoms with van der Waals surface area (Å²) in [6.45, 7) is 2.89. The van der Waals surface area contributed by atoms with Crippen molar-refractivity contribution in [1.82, 2.24) is 14.6 Å². The largest absolute Gasteiger partial charge is 0.494 e. The quantitative estimate of drug-likeness (QED) is 0.325. The number of fused-ring (bicyclic) bond motifs is 2. The van der Waals surface area contributed by atoms with Crippen molar-refractivity contribution in [3.63, 3.8) is 0 Å². The summed E-state index contributed by atoms with van der Waals surface area (Å²) in [7, 11) is 1.71. The van der Waals surface area contributed by atoms with E-state index in [0.29, 0.717) is 27.5 Å². The second kappa shape index (κ2) is 9.31. The van der Waals surface area contributed by atoms with Crippen molar-refractivity contribution >= 4 is 49.4 Å². The lowest BCUT2D eigenvalue weighted by Crippen LogP contribution is -2.30. The highest BCUT2D eigenvalue weighted by atomic mass is 79.9. The zero-order valence-electron chi connectivity index (χ0n) is 18.9. The number of ether oxygens (including phenoxy) is 1. The van der Waals surface area contributed by atoms with Crippen LogP contribution >= 0.6 is 27.3 Å². The minimum atomic E-state index is -0.338. The summed E-state index contributed by atoms with van der Waals surface area (Å²) < 4.78 is 8.27. The minimum absolute atomic E-state index is 0.208. The smallest absolute Gasteiger partial charge is 0.291 e. The highest BCUT2D eigenvalue weighted by Gasteiger charge is 2.32. The Bertz CT molecular complexity index is 1490. The number of halogens is 1. The molecule has 2 aromatic carbocycles. The first-order chi connectivity index (χ1) is 16.5. The molecule has 0 aliphatic carbocycles. The van der Waals surface area contributed by atoms with Gasteiger partial charge < -0.3 is 9.64 Å². The van der Waals surface area contributed by atoms with E-state index in [-0.39, 0.29) is 11.5 Å². The fraction of sp³-hybridized carbons (Fsp3) is 0.280. The van der Waals surface area contributed by atoms with Crippen molar-refractivity contribution in [1.29, 1.82) is 0 Å². The standard InChI is InChI=1S/C25H23BrN4O3S/c1-3-4-5-6-13-33-17-10-7-15(8-11-17)22-27-25-30(28-22)24(32)21(34-25)20-18-14-16(26)9-12-19(18)29(2)23(20)31/h7-12,14H,3-6,13H2,1-2H3/b21-20-. The third-order valence-electron chi connectivity index (χ3n) is 5.87. The van der Waals surface area contributed by atoms with E-state index < -0.39 is 0 Å². The number of anilines is 1. The van der Waals surface area contributed by atoms with Gasteiger partial charge in [-0.05, 0) is 48.9 Å². The maximum atomic E-state index is 13.2. The van der Waals surface area contributed by atoms with E-state index in [1.807, 2.05) is 42.5 Å². The Hall–Kier alpha value is -3.04. The van der Waals surface area contributed by atoms with Gasteiger partial charge in [-0.3, -0.25) is 9.59 Å². The molecule has 0 N–H and O–H groups in total. The first kappa shape index (κ1) is 22.7. The number of unbranched alkanes of at least 4 members (excludes halogenated alkanes) is 3. The van der Waals surface area contributed by atoms with Crippen LogP contribution in [0.1, 0.15) is 38.2 Å². The molecule has 0 saturated carbocycles. The molecule has 5 rings (SSSR count). The summed E-state index contributed by atoms with van der Waals surface area (Å²) in [5.74, 6) is 1.06. The number of likely N-dealkylation sites (N-methyl/N-ethyl adjacent to an activating group) is 1. The van der Waals surface area contributed by atoms with Crippen LogP contribution in [0.2, 0.25) is 0 Å². The lowest BCUT2D eigenvalue weighted by molar-refractivity contribution is -0.112. The van der Waals surface area contributed by atoms with E-state index in [1.54, 1.807) is 11.9 Å². The highest BCUT2D eigenvalue weighted by molar-refractivity contribution is 9.10. The molecule has 0 radical (unpaired) electrons. The molecule has 0 atom stereocenters. The van der Waals surface area contributed by atoms with Crippen LogP contribution < -0.4 is 19.7 Å². The molecule has 0 unspecified atom stereocenters. The maximum absolute atomic E-state index is 13.2. The van der Waals surface area contributed by atoms with E-state index in [1.165, 1.54) is 35.1 Å². The Morgan fingerprint density at radius 3 is 2.59 bits per heavy atom. The molecule has 0 bridgehead atoms. The van der Waals surface area contributed by atoms with Gasteiger partial charge in [0.2, 0.25) is 4.96 Å². The normalized spacial score (nSPS) is 14.8. The maximum Gasteiger partial charge on any atom is 0.291 e. The van der Waals surface area contributed by atoms with E-state index >= 15 is 0 Å². The molecule has 0 spiro atoms. The highest BCUT2D eigenvalue weighted by Crippen LogP contribution is 2.36. The molecule has 174 valence electrons. The lowest BCUT2D eigenvalue weighted by Gasteiger charge is -2.08. The number of amides is 1. The van der Waals surface area contributed by atoms with E-state index in [0.717, 1.165) is 33.5 Å². The van der Waals surface area contributed by atoms with Gasteiger partial charge in [-0.25, -0.2) is 0 Å². The van der Waals surface area contributed by atoms with Gasteiger partial charge in [-0.15, -0.1) is 5.10 Å². The molecule has 4 aromatic rings. The van der Waals surface area contributed by atoms with Crippen LogP contribution in [-0.2, 0) is 4.79 Å². The Kier molecular flexibility index (Phi) is 6.22. The fourth-order valence-corrected chi connectivity index (χ4v) is 5.40. The van der Waals surface area contributed by atoms with Crippen molar-refractivity contribution in [2.75, 3.05) is 18.6 Å². The Morgan fingerprint density at radius 2 is 1.85 bits per heavy atom. The predicted molar refractivity (Wildman–Crippen MR) is 137 cm³/mol. The monoisotopic (exact) mass is 538 g/mol. The van der Waals surface area contributed by atoms with Gasteiger partial charge >= 0.3 is 0 Å². The van der Waals surface area contributed by atoms with Crippen LogP contribution in [0.3, 0.4) is 0 Å². The molecule has 0 saturated heterocycles. The third kappa shape index (κ3) is 4.03. The summed E-state index contributed by atoms with van der Waals surface area (Å²) in [6.07, 6.45) is 4.65. The SMILES string of the molecule is CCCCCCOc1ccc(-c2nc3s/c(=C4\C(=O)N(C)c5ccc(Br)cc54)c(=O)n3n2)cc1. The van der Waals surface area contributed by atoms with Crippen LogP contribution in [0, 0.1) is 0 Å². The molecule has 2 aromatic heterocycles. The van der Waals surface area contributed by atoms with E-state index in [9.17, 15) is 9.59 Å². The molecular weight excluding hydrogens is 516 g/mol. The summed E-state index contributed by atoms with van der Waals surface area (Å²) in [5.41, 5.74) is 2.36. The lowest BCUT2D eigenvalue weighted by atomic mass is 10.1. The van der Waals surface area contributed by atoms with Crippen LogP contribution in [0.4, 0.5) is 5.69 Å². The Morgan fingerprint density at radius 1 is 1.06 bits per heavy atom. The van der Waals surface area contributed by atoms with Crippen molar-refractivity contribution < 1.29 is 9.53 Å². The molecule has 9 heteroatoms. The summed E-state index contributed by atoms with van der Waals surface area (Å²) >= 11 is 4.64. The second-order valence-corrected chi connectivity index (χ2v) is 10.1. The number of thiazole rings is 1. The number of rotatable bonds is 7. The van der Waals surface area contributed by atoms with Crippen molar-refractivity contribution in [2.24, 2.45) is 0 Å². The van der Waals surface area contributed by atoms with Crippen molar-refractivity contribution in [2.45, 2.75) is 32.6 Å². The number of hydrogen-bond acceptors (Lipinski definition) is 6. The van der Waals surface area contributed by atoms with E-state index in [4.69, 9.17) is 4.74 Å². The molecule has 34 heavy (non-hydrogen) atoms. The van der Waals surface area contributed by atoms with Gasteiger partial charge in [0, 0.05) is 22.6 Å². The van der Waals surface area contributed by atoms with Gasteiger partial charge in [0.25, 0.3) is 11.5 Å². The minimum Gasteiger partial charge on any atom is -0.494 e. The first-order valence-electron chi connectivity index (χ1n) is 11.2. The van der Waals surface area contributed by atoms with Gasteiger partial charge in [-0.1, -0.05) is 53.5 Å². The summed E-state index contributed by atoms with van der Waals surface area (Å²) in [5, 5.41) is 4.43. The van der Waals surface area contributed by atoms with Gasteiger partial charge in [0.05, 0.1) is 17.9 Å². The average molecular weight is 539 g/mol. The molecule has 1 aliphatic heterocycles. The van der Waals surface area contributed by atoms with Gasteiger partial charge in [-0.2, -0.15) is 9.50 Å². The number of hydrogen-bond donors (Lipinski definition) is 0. The second-order valence-electron chi connectivity index (χ2n) is 8.20. The Balaban J connectivity index is 1.45. The van der Waals surface area contributed by atoms with Crippen LogP contribution in [0.25, 0.3) is 21.9 Å². The zero-order valence-corrected chi connectivity index (χ0v) is 21.3. The Labute approximate surface area is 208 Å². The van der Waals surface area contributed by atoms with Gasteiger partial charge in [0.1, 0.15) is 10.3 Å². The first-order valence-corrected chi connectivity index (χ1v) is 12.8. The number of carbonyl (C=O) groups is 1. The molecule has 1 aliphatic rings. The zero-order chi connectivity index (χ0) is 23.8. The van der Waals surface area contributed by atoms with Crippen molar-refractivity contribution in [3.05, 3.63) is 67.4 Å². The summed E-state index contributed by atoms with van der Waals surface area (Å²) in [4.78, 5) is 32.7. The topological polar surface area (TPSA) is 76.8 Å². The third-order valence-corrected chi connectivity index (χ3v) is 7.39. The van der Waals surface area contributed by atoms with Crippen molar-refractivity contribution in [3.8, 4) is 17.1 Å². The molecule has 3 heterocycles. The number of aromatic nitrogens is 3. The molecular formula is C25H23BrN4O3S. The van der Waals surface area contributed by atoms with Crippen LogP contribution in [0.5, 0.6) is 5.75 Å². The number of carbonyl (C=O) groups excluding carboxylic acids is 1. The van der Waals surface area contributed by atoms with Crippen LogP contribution in [0.15, 0.2) is 51.7 Å². The molecule has 7 nitrogen and oxygen atoms in total. The average Bonchev–Trinajstić information content (AvgIpc) is 3.45. The van der Waals surface area contributed by atoms with Gasteiger partial charge in [0.15, 0.2) is 5.82 Å². The fourth-order valence-electron chi connectivity index (χ4n) is 4.04. The number of benzene rings is 2. The molecule has 1 amide bonds. The number of nitrogens with zero attached hydrogens (tertiary/aromatic N) is 4. The molecule has 0 fully saturated rings. The van der Waals surface area contributed by atoms with Crippen LogP contribution in [-0.4, -0.2) is 34.2 Å². The summed E-state index contributed by atoms with van der Waals surface area (Å²) in [6, 6.07) is 13.2. The van der Waals surface area contributed by atoms with E-state index in [2.05, 4.69) is 32.9 Å². The predicted octanol–water partition coefficient (Wildman–Crippen LogP) is 4.43.